The minimum atomic E-state index is -0.346. The van der Waals surface area contributed by atoms with Crippen molar-refractivity contribution >= 4 is 46.4 Å². The summed E-state index contributed by atoms with van der Waals surface area (Å²) in [5.74, 6) is -0.605. The van der Waals surface area contributed by atoms with Crippen LogP contribution in [0.3, 0.4) is 0 Å². The monoisotopic (exact) mass is 437 g/mol. The number of thiazole rings is 1. The Morgan fingerprint density at radius 1 is 1.21 bits per heavy atom. The average molecular weight is 438 g/mol. The van der Waals surface area contributed by atoms with E-state index in [1.54, 1.807) is 12.4 Å². The van der Waals surface area contributed by atoms with Gasteiger partial charge in [-0.25, -0.2) is 4.98 Å². The second kappa shape index (κ2) is 9.18. The summed E-state index contributed by atoms with van der Waals surface area (Å²) in [6, 6.07) is 7.50. The number of nitrogens with one attached hydrogen (secondary N) is 2. The van der Waals surface area contributed by atoms with Crippen molar-refractivity contribution in [3.63, 3.8) is 0 Å². The highest BCUT2D eigenvalue weighted by Gasteiger charge is 2.15. The van der Waals surface area contributed by atoms with Crippen LogP contribution in [0.2, 0.25) is 10.2 Å². The molecule has 0 fully saturated rings. The Morgan fingerprint density at radius 3 is 2.75 bits per heavy atom. The summed E-state index contributed by atoms with van der Waals surface area (Å²) in [5, 5.41) is 12.7. The first-order chi connectivity index (χ1) is 13.4. The van der Waals surface area contributed by atoms with E-state index in [-0.39, 0.29) is 23.5 Å². The van der Waals surface area contributed by atoms with E-state index in [1.807, 2.05) is 24.3 Å². The third-order valence-electron chi connectivity index (χ3n) is 3.88. The van der Waals surface area contributed by atoms with E-state index >= 15 is 0 Å². The molecule has 2 aromatic heterocycles. The summed E-state index contributed by atoms with van der Waals surface area (Å²) in [7, 11) is 1.65. The lowest BCUT2D eigenvalue weighted by Crippen LogP contribution is -2.26. The fourth-order valence-electron chi connectivity index (χ4n) is 2.43. The van der Waals surface area contributed by atoms with Gasteiger partial charge in [0.25, 0.3) is 11.8 Å². The van der Waals surface area contributed by atoms with Gasteiger partial charge in [0.05, 0.1) is 18.3 Å². The quantitative estimate of drug-likeness (QED) is 0.594. The van der Waals surface area contributed by atoms with Gasteiger partial charge in [0.1, 0.15) is 15.9 Å². The van der Waals surface area contributed by atoms with Gasteiger partial charge in [0.15, 0.2) is 0 Å². The van der Waals surface area contributed by atoms with Crippen LogP contribution in [0.4, 0.5) is 0 Å². The van der Waals surface area contributed by atoms with Gasteiger partial charge in [-0.1, -0.05) is 35.3 Å². The molecule has 0 radical (unpaired) electrons. The van der Waals surface area contributed by atoms with Crippen molar-refractivity contribution in [2.75, 3.05) is 6.54 Å². The van der Waals surface area contributed by atoms with Gasteiger partial charge >= 0.3 is 0 Å². The molecule has 3 rings (SSSR count). The van der Waals surface area contributed by atoms with E-state index in [0.29, 0.717) is 34.3 Å². The van der Waals surface area contributed by atoms with Crippen molar-refractivity contribution in [2.24, 2.45) is 7.05 Å². The highest BCUT2D eigenvalue weighted by Crippen LogP contribution is 2.15. The van der Waals surface area contributed by atoms with E-state index in [4.69, 9.17) is 23.2 Å². The molecule has 2 heterocycles. The molecule has 0 bridgehead atoms. The van der Waals surface area contributed by atoms with E-state index < -0.39 is 0 Å². The van der Waals surface area contributed by atoms with Gasteiger partial charge in [-0.3, -0.25) is 14.3 Å². The Labute approximate surface area is 175 Å². The smallest absolute Gasteiger partial charge is 0.270 e. The molecule has 0 aliphatic heterocycles. The summed E-state index contributed by atoms with van der Waals surface area (Å²) < 4.78 is 1.41. The molecule has 2 amide bonds. The summed E-state index contributed by atoms with van der Waals surface area (Å²) in [5.41, 5.74) is 1.66. The standard InChI is InChI=1S/C18H17Cl2N5O2S/c1-25-16(20)13(8-23-25)17(26)22-9-15-24-14(10-28-15)18(27)21-6-5-11-3-2-4-12(19)7-11/h2-4,7-8,10H,5-6,9H2,1H3,(H,21,27)(H,22,26). The number of hydrogen-bond acceptors (Lipinski definition) is 5. The maximum absolute atomic E-state index is 12.2. The molecule has 0 aliphatic carbocycles. The highest BCUT2D eigenvalue weighted by atomic mass is 35.5. The second-order valence-corrected chi connectivity index (χ2v) is 7.65. The Kier molecular flexibility index (Phi) is 6.66. The maximum atomic E-state index is 12.2. The molecule has 0 saturated carbocycles. The van der Waals surface area contributed by atoms with Crippen LogP contribution in [0.5, 0.6) is 0 Å². The number of amides is 2. The molecule has 2 N–H and O–H groups in total. The number of halogens is 2. The highest BCUT2D eigenvalue weighted by molar-refractivity contribution is 7.09. The maximum Gasteiger partial charge on any atom is 0.270 e. The molecule has 146 valence electrons. The molecule has 0 aliphatic rings. The van der Waals surface area contributed by atoms with Crippen molar-refractivity contribution in [1.29, 1.82) is 0 Å². The average Bonchev–Trinajstić information content (AvgIpc) is 3.27. The van der Waals surface area contributed by atoms with E-state index in [1.165, 1.54) is 22.2 Å². The van der Waals surface area contributed by atoms with Gasteiger partial charge in [-0.05, 0) is 24.1 Å². The predicted molar refractivity (Wildman–Crippen MR) is 109 cm³/mol. The predicted octanol–water partition coefficient (Wildman–Crippen LogP) is 3.09. The minimum Gasteiger partial charge on any atom is -0.350 e. The summed E-state index contributed by atoms with van der Waals surface area (Å²) in [4.78, 5) is 28.6. The first-order valence-corrected chi connectivity index (χ1v) is 10.0. The van der Waals surface area contributed by atoms with E-state index in [0.717, 1.165) is 5.56 Å². The van der Waals surface area contributed by atoms with Gasteiger partial charge in [-0.2, -0.15) is 5.10 Å². The van der Waals surface area contributed by atoms with Crippen LogP contribution in [0, 0.1) is 0 Å². The Hall–Kier alpha value is -2.42. The molecule has 10 heteroatoms. The molecule has 7 nitrogen and oxygen atoms in total. The zero-order valence-corrected chi connectivity index (χ0v) is 17.2. The number of carbonyl (C=O) groups is 2. The zero-order chi connectivity index (χ0) is 20.1. The minimum absolute atomic E-state index is 0.199. The molecule has 0 atom stereocenters. The van der Waals surface area contributed by atoms with Crippen molar-refractivity contribution in [2.45, 2.75) is 13.0 Å². The van der Waals surface area contributed by atoms with Gasteiger partial charge < -0.3 is 10.6 Å². The summed E-state index contributed by atoms with van der Waals surface area (Å²) >= 11 is 13.2. The molecule has 0 spiro atoms. The largest absolute Gasteiger partial charge is 0.350 e. The fraction of sp³-hybridized carbons (Fsp3) is 0.222. The Balaban J connectivity index is 1.48. The topological polar surface area (TPSA) is 88.9 Å². The molecule has 0 unspecified atom stereocenters. The molecular formula is C18H17Cl2N5O2S. The Morgan fingerprint density at radius 2 is 2.04 bits per heavy atom. The van der Waals surface area contributed by atoms with Crippen molar-refractivity contribution in [3.8, 4) is 0 Å². The lowest BCUT2D eigenvalue weighted by Gasteiger charge is -2.04. The second-order valence-electron chi connectivity index (χ2n) is 5.92. The van der Waals surface area contributed by atoms with Gasteiger partial charge in [0.2, 0.25) is 0 Å². The third-order valence-corrected chi connectivity index (χ3v) is 5.42. The number of nitrogens with zero attached hydrogens (tertiary/aromatic N) is 3. The van der Waals surface area contributed by atoms with Crippen LogP contribution in [0.15, 0.2) is 35.8 Å². The molecule has 3 aromatic rings. The number of hydrogen-bond donors (Lipinski definition) is 2. The number of benzene rings is 1. The molecule has 28 heavy (non-hydrogen) atoms. The van der Waals surface area contributed by atoms with Crippen LogP contribution < -0.4 is 10.6 Å². The number of rotatable bonds is 7. The van der Waals surface area contributed by atoms with Gasteiger partial charge in [-0.15, -0.1) is 11.3 Å². The van der Waals surface area contributed by atoms with E-state index in [2.05, 4.69) is 20.7 Å². The fourth-order valence-corrected chi connectivity index (χ4v) is 3.53. The van der Waals surface area contributed by atoms with Crippen molar-refractivity contribution < 1.29 is 9.59 Å². The number of aryl methyl sites for hydroxylation is 1. The normalized spacial score (nSPS) is 10.7. The SMILES string of the molecule is Cn1ncc(C(=O)NCc2nc(C(=O)NCCc3cccc(Cl)c3)cs2)c1Cl. The molecular weight excluding hydrogens is 421 g/mol. The number of carbonyl (C=O) groups excluding carboxylic acids is 2. The number of aromatic nitrogens is 3. The first-order valence-electron chi connectivity index (χ1n) is 8.37. The van der Waals surface area contributed by atoms with Crippen LogP contribution in [0.25, 0.3) is 0 Å². The van der Waals surface area contributed by atoms with Gasteiger partial charge in [0, 0.05) is 24.0 Å². The van der Waals surface area contributed by atoms with Crippen LogP contribution >= 0.6 is 34.5 Å². The summed E-state index contributed by atoms with van der Waals surface area (Å²) in [6.45, 7) is 0.673. The lowest BCUT2D eigenvalue weighted by atomic mass is 10.1. The lowest BCUT2D eigenvalue weighted by molar-refractivity contribution is 0.0945. The van der Waals surface area contributed by atoms with Crippen LogP contribution in [0.1, 0.15) is 31.4 Å². The van der Waals surface area contributed by atoms with Crippen LogP contribution in [-0.4, -0.2) is 33.1 Å². The van der Waals surface area contributed by atoms with Crippen LogP contribution in [-0.2, 0) is 20.0 Å². The first kappa shape index (κ1) is 20.3. The van der Waals surface area contributed by atoms with E-state index in [9.17, 15) is 9.59 Å². The third kappa shape index (κ3) is 5.09. The Bertz CT molecular complexity index is 1000. The summed E-state index contributed by atoms with van der Waals surface area (Å²) in [6.07, 6.45) is 2.07. The van der Waals surface area contributed by atoms with Crippen molar-refractivity contribution in [3.05, 3.63) is 67.8 Å². The molecule has 0 saturated heterocycles. The van der Waals surface area contributed by atoms with Crippen molar-refractivity contribution in [1.82, 2.24) is 25.4 Å². The zero-order valence-electron chi connectivity index (χ0n) is 14.9. The molecule has 1 aromatic carbocycles.